The van der Waals surface area contributed by atoms with E-state index in [0.717, 1.165) is 5.16 Å². The highest BCUT2D eigenvalue weighted by atomic mass is 35.5. The molecule has 2 heterocycles. The molecular weight excluding hydrogens is 350 g/mol. The second-order valence-corrected chi connectivity index (χ2v) is 6.61. The van der Waals surface area contributed by atoms with Gasteiger partial charge in [-0.05, 0) is 38.1 Å². The van der Waals surface area contributed by atoms with Crippen molar-refractivity contribution >= 4 is 23.4 Å². The van der Waals surface area contributed by atoms with Crippen LogP contribution in [0.4, 0.5) is 0 Å². The van der Waals surface area contributed by atoms with Crippen LogP contribution in [-0.4, -0.2) is 25.0 Å². The Morgan fingerprint density at radius 3 is 2.67 bits per heavy atom. The Labute approximate surface area is 148 Å². The van der Waals surface area contributed by atoms with Gasteiger partial charge in [0.05, 0.1) is 5.75 Å². The Morgan fingerprint density at radius 2 is 1.92 bits per heavy atom. The van der Waals surface area contributed by atoms with Crippen LogP contribution in [0.1, 0.15) is 31.7 Å². The van der Waals surface area contributed by atoms with Gasteiger partial charge in [-0.2, -0.15) is 0 Å². The van der Waals surface area contributed by atoms with Crippen molar-refractivity contribution in [3.8, 4) is 5.75 Å². The Morgan fingerprint density at radius 1 is 1.17 bits per heavy atom. The molecule has 0 saturated carbocycles. The Hall–Kier alpha value is -2.06. The second kappa shape index (κ2) is 7.67. The van der Waals surface area contributed by atoms with Gasteiger partial charge < -0.3 is 13.7 Å². The molecular formula is C15H16ClN5O2S. The van der Waals surface area contributed by atoms with E-state index >= 15 is 0 Å². The third-order valence-corrected chi connectivity index (χ3v) is 4.30. The Balaban J connectivity index is 1.53. The summed E-state index contributed by atoms with van der Waals surface area (Å²) in [5.41, 5.74) is 0. The van der Waals surface area contributed by atoms with Gasteiger partial charge in [-0.1, -0.05) is 23.4 Å². The van der Waals surface area contributed by atoms with Crippen molar-refractivity contribution in [2.24, 2.45) is 0 Å². The number of benzene rings is 1. The molecule has 0 bridgehead atoms. The zero-order valence-corrected chi connectivity index (χ0v) is 14.8. The van der Waals surface area contributed by atoms with Crippen LogP contribution in [0.25, 0.3) is 0 Å². The summed E-state index contributed by atoms with van der Waals surface area (Å²) in [4.78, 5) is 0. The first kappa shape index (κ1) is 16.8. The molecule has 0 radical (unpaired) electrons. The first-order valence-corrected chi connectivity index (χ1v) is 8.70. The monoisotopic (exact) mass is 365 g/mol. The van der Waals surface area contributed by atoms with Crippen LogP contribution in [0.3, 0.4) is 0 Å². The molecule has 0 amide bonds. The first-order valence-electron chi connectivity index (χ1n) is 7.34. The van der Waals surface area contributed by atoms with Crippen molar-refractivity contribution in [1.29, 1.82) is 0 Å². The summed E-state index contributed by atoms with van der Waals surface area (Å²) >= 11 is 7.33. The zero-order valence-electron chi connectivity index (χ0n) is 13.2. The van der Waals surface area contributed by atoms with Gasteiger partial charge in [0.1, 0.15) is 12.1 Å². The van der Waals surface area contributed by atoms with E-state index in [1.807, 2.05) is 4.57 Å². The highest BCUT2D eigenvalue weighted by Gasteiger charge is 2.12. The number of ether oxygens (including phenoxy) is 1. The summed E-state index contributed by atoms with van der Waals surface area (Å²) in [6, 6.07) is 7.39. The number of aromatic nitrogens is 5. The lowest BCUT2D eigenvalue weighted by atomic mass is 10.3. The molecule has 24 heavy (non-hydrogen) atoms. The molecule has 3 aromatic rings. The molecule has 0 saturated heterocycles. The summed E-state index contributed by atoms with van der Waals surface area (Å²) in [5, 5.41) is 17.5. The zero-order chi connectivity index (χ0) is 16.9. The number of hydrogen-bond acceptors (Lipinski definition) is 7. The average molecular weight is 366 g/mol. The SMILES string of the molecule is CC(C)n1cnnc1SCc1nnc(COc2ccc(Cl)cc2)o1. The Kier molecular flexibility index (Phi) is 5.37. The van der Waals surface area contributed by atoms with Crippen molar-refractivity contribution in [1.82, 2.24) is 25.0 Å². The molecule has 3 rings (SSSR count). The maximum Gasteiger partial charge on any atom is 0.253 e. The molecule has 7 nitrogen and oxygen atoms in total. The third-order valence-electron chi connectivity index (χ3n) is 3.11. The van der Waals surface area contributed by atoms with Crippen molar-refractivity contribution in [2.45, 2.75) is 37.4 Å². The molecule has 2 aromatic heterocycles. The van der Waals surface area contributed by atoms with Gasteiger partial charge >= 0.3 is 0 Å². The minimum absolute atomic E-state index is 0.210. The van der Waals surface area contributed by atoms with E-state index in [9.17, 15) is 0 Å². The number of rotatable bonds is 7. The minimum atomic E-state index is 0.210. The molecule has 126 valence electrons. The predicted molar refractivity (Wildman–Crippen MR) is 90.1 cm³/mol. The summed E-state index contributed by atoms with van der Waals surface area (Å²) < 4.78 is 13.1. The van der Waals surface area contributed by atoms with Crippen LogP contribution in [0, 0.1) is 0 Å². The lowest BCUT2D eigenvalue weighted by Gasteiger charge is -2.08. The largest absolute Gasteiger partial charge is 0.484 e. The summed E-state index contributed by atoms with van der Waals surface area (Å²) in [5.74, 6) is 2.16. The van der Waals surface area contributed by atoms with Gasteiger partial charge in [0.2, 0.25) is 5.89 Å². The topological polar surface area (TPSA) is 78.9 Å². The highest BCUT2D eigenvalue weighted by Crippen LogP contribution is 2.23. The van der Waals surface area contributed by atoms with Crippen LogP contribution in [0.5, 0.6) is 5.75 Å². The summed E-state index contributed by atoms with van der Waals surface area (Å²) in [7, 11) is 0. The number of halogens is 1. The molecule has 0 spiro atoms. The van der Waals surface area contributed by atoms with Gasteiger partial charge in [0.25, 0.3) is 5.89 Å². The second-order valence-electron chi connectivity index (χ2n) is 5.24. The fourth-order valence-electron chi connectivity index (χ4n) is 1.90. The molecule has 0 aliphatic carbocycles. The van der Waals surface area contributed by atoms with Crippen LogP contribution in [0.15, 0.2) is 40.2 Å². The van der Waals surface area contributed by atoms with E-state index in [1.54, 1.807) is 30.6 Å². The normalized spacial score (nSPS) is 11.2. The highest BCUT2D eigenvalue weighted by molar-refractivity contribution is 7.98. The van der Waals surface area contributed by atoms with Gasteiger partial charge in [-0.3, -0.25) is 0 Å². The maximum atomic E-state index is 5.83. The summed E-state index contributed by atoms with van der Waals surface area (Å²) in [6.45, 7) is 4.36. The van der Waals surface area contributed by atoms with E-state index in [-0.39, 0.29) is 6.61 Å². The molecule has 0 atom stereocenters. The van der Waals surface area contributed by atoms with Crippen LogP contribution in [0.2, 0.25) is 5.02 Å². The fraction of sp³-hybridized carbons (Fsp3) is 0.333. The quantitative estimate of drug-likeness (QED) is 0.589. The van der Waals surface area contributed by atoms with Crippen molar-refractivity contribution in [2.75, 3.05) is 0 Å². The molecule has 0 aliphatic heterocycles. The number of thioether (sulfide) groups is 1. The number of nitrogens with zero attached hydrogens (tertiary/aromatic N) is 5. The summed E-state index contributed by atoms with van der Waals surface area (Å²) in [6.07, 6.45) is 1.71. The van der Waals surface area contributed by atoms with Gasteiger partial charge in [0, 0.05) is 11.1 Å². The van der Waals surface area contributed by atoms with Crippen LogP contribution < -0.4 is 4.74 Å². The van der Waals surface area contributed by atoms with E-state index < -0.39 is 0 Å². The average Bonchev–Trinajstić information content (AvgIpc) is 3.21. The standard InChI is InChI=1S/C15H16ClN5O2S/c1-10(2)21-9-17-20-15(21)24-8-14-19-18-13(23-14)7-22-12-5-3-11(16)4-6-12/h3-6,9-10H,7-8H2,1-2H3. The van der Waals surface area contributed by atoms with Crippen LogP contribution >= 0.6 is 23.4 Å². The molecule has 1 aromatic carbocycles. The molecule has 0 N–H and O–H groups in total. The molecule has 9 heteroatoms. The molecule has 0 fully saturated rings. The van der Waals surface area contributed by atoms with Gasteiger partial charge in [-0.25, -0.2) is 0 Å². The van der Waals surface area contributed by atoms with Gasteiger partial charge in [-0.15, -0.1) is 20.4 Å². The van der Waals surface area contributed by atoms with Crippen LogP contribution in [-0.2, 0) is 12.4 Å². The van der Waals surface area contributed by atoms with Gasteiger partial charge in [0.15, 0.2) is 11.8 Å². The minimum Gasteiger partial charge on any atom is -0.484 e. The fourth-order valence-corrected chi connectivity index (χ4v) is 2.90. The molecule has 0 aliphatic rings. The first-order chi connectivity index (χ1) is 11.6. The van der Waals surface area contributed by atoms with Crippen molar-refractivity contribution < 1.29 is 9.15 Å². The lowest BCUT2D eigenvalue weighted by Crippen LogP contribution is -2.00. The van der Waals surface area contributed by atoms with Crippen molar-refractivity contribution in [3.63, 3.8) is 0 Å². The van der Waals surface area contributed by atoms with E-state index in [1.165, 1.54) is 11.8 Å². The maximum absolute atomic E-state index is 5.83. The predicted octanol–water partition coefficient (Wildman–Crippen LogP) is 3.77. The van der Waals surface area contributed by atoms with Crippen molar-refractivity contribution in [3.05, 3.63) is 47.4 Å². The Bertz CT molecular complexity index is 787. The third kappa shape index (κ3) is 4.27. The lowest BCUT2D eigenvalue weighted by molar-refractivity contribution is 0.260. The molecule has 0 unspecified atom stereocenters. The van der Waals surface area contributed by atoms with E-state index in [2.05, 4.69) is 34.2 Å². The number of hydrogen-bond donors (Lipinski definition) is 0. The smallest absolute Gasteiger partial charge is 0.253 e. The van der Waals surface area contributed by atoms with E-state index in [4.69, 9.17) is 20.8 Å². The van der Waals surface area contributed by atoms with E-state index in [0.29, 0.717) is 34.3 Å².